The molecule has 2 heteroatoms. The SMILES string of the molecule is CCCC(C)COc1c(C)cccc1CNC1CC1. The van der Waals surface area contributed by atoms with Crippen LogP contribution in [0.2, 0.25) is 0 Å². The Morgan fingerprint density at radius 3 is 2.84 bits per heavy atom. The number of rotatable bonds is 8. The van der Waals surface area contributed by atoms with E-state index in [1.54, 1.807) is 0 Å². The summed E-state index contributed by atoms with van der Waals surface area (Å²) in [7, 11) is 0. The van der Waals surface area contributed by atoms with Crippen molar-refractivity contribution in [2.45, 2.75) is 59.0 Å². The first-order valence-electron chi connectivity index (χ1n) is 7.65. The molecular weight excluding hydrogens is 234 g/mol. The summed E-state index contributed by atoms with van der Waals surface area (Å²) in [6.45, 7) is 8.40. The molecule has 1 N–H and O–H groups in total. The van der Waals surface area contributed by atoms with Crippen molar-refractivity contribution in [2.24, 2.45) is 5.92 Å². The van der Waals surface area contributed by atoms with E-state index in [0.717, 1.165) is 24.9 Å². The van der Waals surface area contributed by atoms with E-state index in [1.807, 2.05) is 0 Å². The number of para-hydroxylation sites is 1. The molecule has 0 aliphatic heterocycles. The summed E-state index contributed by atoms with van der Waals surface area (Å²) >= 11 is 0. The Bertz CT molecular complexity index is 398. The molecule has 2 nitrogen and oxygen atoms in total. The van der Waals surface area contributed by atoms with Gasteiger partial charge in [0, 0.05) is 18.2 Å². The molecule has 1 unspecified atom stereocenters. The van der Waals surface area contributed by atoms with Gasteiger partial charge in [-0.1, -0.05) is 38.5 Å². The van der Waals surface area contributed by atoms with Crippen molar-refractivity contribution in [3.05, 3.63) is 29.3 Å². The van der Waals surface area contributed by atoms with Crippen molar-refractivity contribution < 1.29 is 4.74 Å². The zero-order valence-corrected chi connectivity index (χ0v) is 12.5. The van der Waals surface area contributed by atoms with Crippen molar-refractivity contribution in [3.63, 3.8) is 0 Å². The second-order valence-electron chi connectivity index (χ2n) is 5.92. The molecule has 0 saturated heterocycles. The van der Waals surface area contributed by atoms with Crippen molar-refractivity contribution in [3.8, 4) is 5.75 Å². The third-order valence-corrected chi connectivity index (χ3v) is 3.75. The summed E-state index contributed by atoms with van der Waals surface area (Å²) in [6.07, 6.45) is 5.13. The lowest BCUT2D eigenvalue weighted by Gasteiger charge is -2.17. The van der Waals surface area contributed by atoms with Crippen LogP contribution in [0.1, 0.15) is 50.7 Å². The van der Waals surface area contributed by atoms with Crippen LogP contribution in [0, 0.1) is 12.8 Å². The van der Waals surface area contributed by atoms with Crippen molar-refractivity contribution >= 4 is 0 Å². The van der Waals surface area contributed by atoms with Gasteiger partial charge in [0.2, 0.25) is 0 Å². The molecule has 0 bridgehead atoms. The van der Waals surface area contributed by atoms with Crippen LogP contribution in [0.25, 0.3) is 0 Å². The van der Waals surface area contributed by atoms with Crippen LogP contribution >= 0.6 is 0 Å². The van der Waals surface area contributed by atoms with E-state index in [9.17, 15) is 0 Å². The molecular formula is C17H27NO. The van der Waals surface area contributed by atoms with E-state index in [0.29, 0.717) is 5.92 Å². The highest BCUT2D eigenvalue weighted by Gasteiger charge is 2.20. The summed E-state index contributed by atoms with van der Waals surface area (Å²) in [5.74, 6) is 1.73. The van der Waals surface area contributed by atoms with Crippen LogP contribution < -0.4 is 10.1 Å². The molecule has 1 aromatic carbocycles. The van der Waals surface area contributed by atoms with Gasteiger partial charge in [-0.2, -0.15) is 0 Å². The fourth-order valence-electron chi connectivity index (χ4n) is 2.40. The zero-order chi connectivity index (χ0) is 13.7. The number of nitrogens with one attached hydrogen (secondary N) is 1. The Kier molecular flexibility index (Phi) is 5.26. The molecule has 1 aliphatic carbocycles. The minimum absolute atomic E-state index is 0.633. The molecule has 0 amide bonds. The van der Waals surface area contributed by atoms with Gasteiger partial charge in [0.05, 0.1) is 6.61 Å². The molecule has 1 saturated carbocycles. The predicted octanol–water partition coefficient (Wildman–Crippen LogP) is 4.06. The molecule has 106 valence electrons. The first-order chi connectivity index (χ1) is 9.20. The highest BCUT2D eigenvalue weighted by molar-refractivity contribution is 5.40. The molecule has 0 aromatic heterocycles. The van der Waals surface area contributed by atoms with E-state index >= 15 is 0 Å². The van der Waals surface area contributed by atoms with Crippen LogP contribution in [0.15, 0.2) is 18.2 Å². The normalized spacial score (nSPS) is 16.4. The predicted molar refractivity (Wildman–Crippen MR) is 80.6 cm³/mol. The van der Waals surface area contributed by atoms with Crippen LogP contribution in [-0.4, -0.2) is 12.6 Å². The van der Waals surface area contributed by atoms with Gasteiger partial charge in [0.1, 0.15) is 5.75 Å². The third-order valence-electron chi connectivity index (χ3n) is 3.75. The van der Waals surface area contributed by atoms with E-state index in [1.165, 1.54) is 36.8 Å². The van der Waals surface area contributed by atoms with Gasteiger partial charge >= 0.3 is 0 Å². The van der Waals surface area contributed by atoms with E-state index in [2.05, 4.69) is 44.3 Å². The summed E-state index contributed by atoms with van der Waals surface area (Å²) in [5, 5.41) is 3.57. The molecule has 0 heterocycles. The molecule has 0 radical (unpaired) electrons. The maximum Gasteiger partial charge on any atom is 0.126 e. The van der Waals surface area contributed by atoms with Crippen molar-refractivity contribution in [1.82, 2.24) is 5.32 Å². The first-order valence-corrected chi connectivity index (χ1v) is 7.65. The Balaban J connectivity index is 1.95. The largest absolute Gasteiger partial charge is 0.493 e. The Morgan fingerprint density at radius 2 is 2.16 bits per heavy atom. The van der Waals surface area contributed by atoms with Crippen molar-refractivity contribution in [1.29, 1.82) is 0 Å². The van der Waals surface area contributed by atoms with Crippen LogP contribution in [0.5, 0.6) is 5.75 Å². The fourth-order valence-corrected chi connectivity index (χ4v) is 2.40. The number of benzene rings is 1. The van der Waals surface area contributed by atoms with Crippen LogP contribution in [0.3, 0.4) is 0 Å². The lowest BCUT2D eigenvalue weighted by molar-refractivity contribution is 0.247. The Hall–Kier alpha value is -1.02. The molecule has 0 spiro atoms. The maximum atomic E-state index is 6.09. The quantitative estimate of drug-likeness (QED) is 0.762. The number of aryl methyl sites for hydroxylation is 1. The van der Waals surface area contributed by atoms with Gasteiger partial charge in [-0.05, 0) is 37.7 Å². The fraction of sp³-hybridized carbons (Fsp3) is 0.647. The standard InChI is InChI=1S/C17H27NO/c1-4-6-13(2)12-19-17-14(3)7-5-8-15(17)11-18-16-9-10-16/h5,7-8,13,16,18H,4,6,9-12H2,1-3H3. The minimum Gasteiger partial charge on any atom is -0.493 e. The second kappa shape index (κ2) is 6.95. The lowest BCUT2D eigenvalue weighted by atomic mass is 10.1. The Labute approximate surface area is 117 Å². The molecule has 1 aliphatic rings. The summed E-state index contributed by atoms with van der Waals surface area (Å²) in [6, 6.07) is 7.19. The second-order valence-corrected chi connectivity index (χ2v) is 5.92. The first kappa shape index (κ1) is 14.4. The highest BCUT2D eigenvalue weighted by Crippen LogP contribution is 2.26. The number of hydrogen-bond acceptors (Lipinski definition) is 2. The maximum absolute atomic E-state index is 6.09. The molecule has 1 aromatic rings. The van der Waals surface area contributed by atoms with Gasteiger partial charge in [-0.3, -0.25) is 0 Å². The number of ether oxygens (including phenoxy) is 1. The van der Waals surface area contributed by atoms with Gasteiger partial charge in [0.25, 0.3) is 0 Å². The summed E-state index contributed by atoms with van der Waals surface area (Å²) in [4.78, 5) is 0. The average Bonchev–Trinajstić information content (AvgIpc) is 3.19. The minimum atomic E-state index is 0.633. The van der Waals surface area contributed by atoms with E-state index < -0.39 is 0 Å². The lowest BCUT2D eigenvalue weighted by Crippen LogP contribution is -2.17. The summed E-state index contributed by atoms with van der Waals surface area (Å²) < 4.78 is 6.09. The Morgan fingerprint density at radius 1 is 1.37 bits per heavy atom. The molecule has 1 atom stereocenters. The number of hydrogen-bond donors (Lipinski definition) is 1. The van der Waals surface area contributed by atoms with Gasteiger partial charge in [0.15, 0.2) is 0 Å². The molecule has 1 fully saturated rings. The van der Waals surface area contributed by atoms with Crippen LogP contribution in [0.4, 0.5) is 0 Å². The summed E-state index contributed by atoms with van der Waals surface area (Å²) in [5.41, 5.74) is 2.55. The molecule has 2 rings (SSSR count). The van der Waals surface area contributed by atoms with Crippen LogP contribution in [-0.2, 0) is 6.54 Å². The van der Waals surface area contributed by atoms with E-state index in [-0.39, 0.29) is 0 Å². The zero-order valence-electron chi connectivity index (χ0n) is 12.5. The smallest absolute Gasteiger partial charge is 0.126 e. The highest BCUT2D eigenvalue weighted by atomic mass is 16.5. The van der Waals surface area contributed by atoms with Gasteiger partial charge in [-0.25, -0.2) is 0 Å². The van der Waals surface area contributed by atoms with Crippen molar-refractivity contribution in [2.75, 3.05) is 6.61 Å². The third kappa shape index (κ3) is 4.54. The van der Waals surface area contributed by atoms with E-state index in [4.69, 9.17) is 4.74 Å². The average molecular weight is 261 g/mol. The van der Waals surface area contributed by atoms with Gasteiger partial charge < -0.3 is 10.1 Å². The van der Waals surface area contributed by atoms with Gasteiger partial charge in [-0.15, -0.1) is 0 Å². The monoisotopic (exact) mass is 261 g/mol. The molecule has 19 heavy (non-hydrogen) atoms. The topological polar surface area (TPSA) is 21.3 Å².